The van der Waals surface area contributed by atoms with Gasteiger partial charge in [-0.1, -0.05) is 62.9 Å². The van der Waals surface area contributed by atoms with Crippen molar-refractivity contribution in [2.24, 2.45) is 23.5 Å². The number of nitrogens with one attached hydrogen (secondary N) is 4. The van der Waals surface area contributed by atoms with Gasteiger partial charge in [-0.15, -0.1) is 0 Å². The summed E-state index contributed by atoms with van der Waals surface area (Å²) in [7, 11) is 2.82. The number of aliphatic hydroxyl groups is 1. The first kappa shape index (κ1) is 42.4. The second-order valence-electron chi connectivity index (χ2n) is 14.3. The van der Waals surface area contributed by atoms with Crippen LogP contribution in [0.1, 0.15) is 81.9 Å². The van der Waals surface area contributed by atoms with Crippen molar-refractivity contribution in [2.75, 3.05) is 20.8 Å². The minimum Gasteiger partial charge on any atom is -0.497 e. The molecule has 2 fully saturated rings. The van der Waals surface area contributed by atoms with Crippen LogP contribution >= 0.6 is 0 Å². The fraction of sp³-hybridized carbons (Fsp3) is 0.525. The van der Waals surface area contributed by atoms with E-state index in [9.17, 15) is 38.7 Å². The zero-order valence-electron chi connectivity index (χ0n) is 31.6. The van der Waals surface area contributed by atoms with Gasteiger partial charge in [0.15, 0.2) is 5.78 Å². The number of Topliss-reactive ketones (excluding diaryl/α,β-unsaturated/α-hetero) is 2. The Hall–Kier alpha value is -5.31. The van der Waals surface area contributed by atoms with Crippen LogP contribution in [0.25, 0.3) is 0 Å². The zero-order chi connectivity index (χ0) is 40.1. The second kappa shape index (κ2) is 20.4. The molecular weight excluding hydrogens is 710 g/mol. The highest BCUT2D eigenvalue weighted by atomic mass is 16.5. The first-order valence-electron chi connectivity index (χ1n) is 18.8. The van der Waals surface area contributed by atoms with Crippen LogP contribution in [-0.2, 0) is 40.0 Å². The molecule has 5 amide bonds. The third-order valence-electron chi connectivity index (χ3n) is 10.3. The highest BCUT2D eigenvalue weighted by molar-refractivity contribution is 6.38. The number of primary amides is 1. The molecule has 15 heteroatoms. The van der Waals surface area contributed by atoms with Crippen molar-refractivity contribution in [3.05, 3.63) is 59.7 Å². The molecule has 298 valence electrons. The van der Waals surface area contributed by atoms with E-state index >= 15 is 0 Å². The second-order valence-corrected chi connectivity index (χ2v) is 14.3. The van der Waals surface area contributed by atoms with Crippen LogP contribution in [0.5, 0.6) is 11.5 Å². The van der Waals surface area contributed by atoms with Gasteiger partial charge in [0, 0.05) is 12.0 Å². The summed E-state index contributed by atoms with van der Waals surface area (Å²) < 4.78 is 10.4. The van der Waals surface area contributed by atoms with Crippen LogP contribution in [0, 0.1) is 17.8 Å². The molecular formula is C40H53N5O10. The van der Waals surface area contributed by atoms with Crippen LogP contribution in [0.4, 0.5) is 0 Å². The van der Waals surface area contributed by atoms with Gasteiger partial charge in [-0.3, -0.25) is 33.6 Å². The van der Waals surface area contributed by atoms with Gasteiger partial charge >= 0.3 is 0 Å². The van der Waals surface area contributed by atoms with Crippen molar-refractivity contribution in [3.63, 3.8) is 0 Å². The van der Waals surface area contributed by atoms with Gasteiger partial charge in [-0.25, -0.2) is 0 Å². The number of ether oxygens (including phenoxy) is 2. The van der Waals surface area contributed by atoms with Crippen LogP contribution in [0.15, 0.2) is 48.5 Å². The number of ketones is 2. The van der Waals surface area contributed by atoms with E-state index in [-0.39, 0.29) is 48.9 Å². The van der Waals surface area contributed by atoms with Crippen molar-refractivity contribution in [1.29, 1.82) is 0 Å². The zero-order valence-corrected chi connectivity index (χ0v) is 31.6. The van der Waals surface area contributed by atoms with Gasteiger partial charge in [0.1, 0.15) is 17.5 Å². The summed E-state index contributed by atoms with van der Waals surface area (Å²) in [6.07, 6.45) is 3.94. The number of benzene rings is 2. The highest BCUT2D eigenvalue weighted by Gasteiger charge is 2.46. The average Bonchev–Trinajstić information content (AvgIpc) is 3.59. The molecule has 6 atom stereocenters. The maximum absolute atomic E-state index is 14.3. The molecule has 2 aliphatic rings. The molecule has 0 spiro atoms. The standard InChI is InChI=1S/C40H53N5O10/c1-4-11-31(37(50)40(53)42-22-33(48)45-35(38(41)51)25-17-27(54-2)21-28(18-25)55-3)43-39(52)30-20-26(46)19-29(30)36(49)34(24-14-9-6-10-15-24)44-32(47)16-23-12-7-5-8-13-23/h5,7-8,12-13,17-18,21,24,26,29-31,34-35,46H,4,6,9-11,14-16,19-20,22H2,1-3H3,(H2,41,51)(H,42,53)(H,43,52)(H,44,47)(H,45,48)/t26-,29?,30+,31?,34-,35?/m0/s1. The molecule has 3 unspecified atom stereocenters. The van der Waals surface area contributed by atoms with Crippen LogP contribution in [0.3, 0.4) is 0 Å². The number of hydrogen-bond acceptors (Lipinski definition) is 10. The minimum atomic E-state index is -1.32. The van der Waals surface area contributed by atoms with E-state index in [2.05, 4.69) is 21.3 Å². The molecule has 0 aliphatic heterocycles. The first-order chi connectivity index (χ1) is 26.3. The van der Waals surface area contributed by atoms with Crippen LogP contribution < -0.4 is 36.5 Å². The summed E-state index contributed by atoms with van der Waals surface area (Å²) >= 11 is 0. The van der Waals surface area contributed by atoms with Crippen molar-refractivity contribution >= 4 is 41.1 Å². The van der Waals surface area contributed by atoms with Gasteiger partial charge in [0.05, 0.1) is 51.3 Å². The minimum absolute atomic E-state index is 0.0194. The van der Waals surface area contributed by atoms with Crippen molar-refractivity contribution < 1.29 is 48.1 Å². The van der Waals surface area contributed by atoms with Gasteiger partial charge in [0.25, 0.3) is 5.91 Å². The summed E-state index contributed by atoms with van der Waals surface area (Å²) in [6, 6.07) is 10.3. The van der Waals surface area contributed by atoms with Gasteiger partial charge in [-0.05, 0) is 61.3 Å². The Morgan fingerprint density at radius 2 is 1.47 bits per heavy atom. The van der Waals surface area contributed by atoms with E-state index in [1.807, 2.05) is 30.3 Å². The number of aliphatic hydroxyl groups excluding tert-OH is 1. The van der Waals surface area contributed by atoms with Crippen molar-refractivity contribution in [2.45, 2.75) is 95.4 Å². The lowest BCUT2D eigenvalue weighted by Crippen LogP contribution is -2.53. The number of rotatable bonds is 19. The Bertz CT molecular complexity index is 1670. The summed E-state index contributed by atoms with van der Waals surface area (Å²) in [5, 5.41) is 20.9. The predicted molar refractivity (Wildman–Crippen MR) is 200 cm³/mol. The third-order valence-corrected chi connectivity index (χ3v) is 10.3. The molecule has 2 aliphatic carbocycles. The number of nitrogens with two attached hydrogens (primary N) is 1. The Kier molecular flexibility index (Phi) is 15.7. The number of carbonyl (C=O) groups excluding carboxylic acids is 7. The van der Waals surface area contributed by atoms with E-state index in [4.69, 9.17) is 15.2 Å². The molecule has 0 aromatic heterocycles. The van der Waals surface area contributed by atoms with Crippen LogP contribution in [-0.4, -0.2) is 85.2 Å². The molecule has 2 aromatic carbocycles. The molecule has 4 rings (SSSR count). The summed E-state index contributed by atoms with van der Waals surface area (Å²) in [5.41, 5.74) is 6.60. The predicted octanol–water partition coefficient (Wildman–Crippen LogP) is 1.58. The SMILES string of the molecule is CCCC(NC(=O)[C@@H]1C[C@@H](O)CC1C(=O)[C@@H](NC(=O)Cc1ccccc1)C1CCCCC1)C(=O)C(=O)NCC(=O)NC(C(N)=O)c1cc(OC)cc(OC)c1. The third kappa shape index (κ3) is 11.8. The number of amides is 5. The lowest BCUT2D eigenvalue weighted by molar-refractivity contribution is -0.142. The number of carbonyl (C=O) groups is 7. The fourth-order valence-electron chi connectivity index (χ4n) is 7.51. The van der Waals surface area contributed by atoms with Crippen LogP contribution in [0.2, 0.25) is 0 Å². The summed E-state index contributed by atoms with van der Waals surface area (Å²) in [5.74, 6) is -6.53. The molecule has 0 saturated heterocycles. The molecule has 0 heterocycles. The average molecular weight is 764 g/mol. The normalized spacial score (nSPS) is 19.9. The lowest BCUT2D eigenvalue weighted by atomic mass is 9.77. The van der Waals surface area contributed by atoms with Crippen molar-refractivity contribution in [3.8, 4) is 11.5 Å². The largest absolute Gasteiger partial charge is 0.497 e. The summed E-state index contributed by atoms with van der Waals surface area (Å²) in [4.78, 5) is 92.6. The molecule has 15 nitrogen and oxygen atoms in total. The fourth-order valence-corrected chi connectivity index (χ4v) is 7.51. The van der Waals surface area contributed by atoms with Gasteiger partial charge in [-0.2, -0.15) is 0 Å². The molecule has 2 aromatic rings. The maximum atomic E-state index is 14.3. The van der Waals surface area contributed by atoms with Gasteiger partial charge < -0.3 is 41.6 Å². The van der Waals surface area contributed by atoms with E-state index in [1.165, 1.54) is 26.4 Å². The number of hydrogen-bond donors (Lipinski definition) is 6. The van der Waals surface area contributed by atoms with Gasteiger partial charge in [0.2, 0.25) is 29.4 Å². The molecule has 55 heavy (non-hydrogen) atoms. The van der Waals surface area contributed by atoms with Crippen molar-refractivity contribution in [1.82, 2.24) is 21.3 Å². The van der Waals surface area contributed by atoms with E-state index in [1.54, 1.807) is 13.0 Å². The monoisotopic (exact) mass is 763 g/mol. The van der Waals surface area contributed by atoms with E-state index in [0.29, 0.717) is 17.9 Å². The maximum Gasteiger partial charge on any atom is 0.290 e. The Labute approximate surface area is 320 Å². The summed E-state index contributed by atoms with van der Waals surface area (Å²) in [6.45, 7) is 1.07. The van der Waals surface area contributed by atoms with E-state index < -0.39 is 72.0 Å². The molecule has 0 bridgehead atoms. The molecule has 7 N–H and O–H groups in total. The number of methoxy groups -OCH3 is 2. The smallest absolute Gasteiger partial charge is 0.290 e. The Morgan fingerprint density at radius 1 is 0.836 bits per heavy atom. The first-order valence-corrected chi connectivity index (χ1v) is 18.8. The Morgan fingerprint density at radius 3 is 2.07 bits per heavy atom. The Balaban J connectivity index is 1.41. The molecule has 2 saturated carbocycles. The topological polar surface area (TPSA) is 232 Å². The lowest BCUT2D eigenvalue weighted by Gasteiger charge is -2.33. The highest BCUT2D eigenvalue weighted by Crippen LogP contribution is 2.37. The quantitative estimate of drug-likeness (QED) is 0.113. The molecule has 0 radical (unpaired) electrons. The van der Waals surface area contributed by atoms with E-state index in [0.717, 1.165) is 37.7 Å².